The number of nitrogens with zero attached hydrogens (tertiary/aromatic N) is 2. The smallest absolute Gasteiger partial charge is 0.266 e. The Balaban J connectivity index is 2.31. The molecule has 0 saturated carbocycles. The van der Waals surface area contributed by atoms with Gasteiger partial charge in [-0.15, -0.1) is 11.8 Å². The van der Waals surface area contributed by atoms with E-state index in [9.17, 15) is 4.79 Å². The number of halogens is 1. The number of rotatable bonds is 3. The molecule has 0 spiro atoms. The van der Waals surface area contributed by atoms with E-state index >= 15 is 0 Å². The van der Waals surface area contributed by atoms with Crippen LogP contribution in [0, 0.1) is 11.3 Å². The van der Waals surface area contributed by atoms with Crippen molar-refractivity contribution in [2.75, 3.05) is 10.7 Å². The summed E-state index contributed by atoms with van der Waals surface area (Å²) in [5.74, 6) is 0.469. The van der Waals surface area contributed by atoms with Crippen molar-refractivity contribution in [1.82, 2.24) is 0 Å². The van der Waals surface area contributed by atoms with Crippen molar-refractivity contribution in [2.24, 2.45) is 0 Å². The summed E-state index contributed by atoms with van der Waals surface area (Å²) in [5.41, 5.74) is 0.787. The van der Waals surface area contributed by atoms with Crippen LogP contribution in [0.3, 0.4) is 0 Å². The minimum Gasteiger partial charge on any atom is -0.294 e. The molecule has 0 aromatic heterocycles. The van der Waals surface area contributed by atoms with Gasteiger partial charge in [-0.05, 0) is 17.9 Å². The van der Waals surface area contributed by atoms with Crippen LogP contribution < -0.4 is 4.90 Å². The predicted octanol–water partition coefficient (Wildman–Crippen LogP) is 2.61. The fourth-order valence-electron chi connectivity index (χ4n) is 1.79. The SMILES string of the molecule is CCS[C@@H]1N(c2ccccc2)C(=O)[C@@]1(Cl)C#N. The molecule has 1 aliphatic heterocycles. The zero-order valence-corrected chi connectivity index (χ0v) is 10.8. The number of hydrogen-bond donors (Lipinski definition) is 0. The van der Waals surface area contributed by atoms with Gasteiger partial charge in [0.2, 0.25) is 4.87 Å². The van der Waals surface area contributed by atoms with Crippen LogP contribution in [0.5, 0.6) is 0 Å². The van der Waals surface area contributed by atoms with Crippen LogP contribution in [0.2, 0.25) is 0 Å². The number of anilines is 1. The van der Waals surface area contributed by atoms with Crippen molar-refractivity contribution in [3.63, 3.8) is 0 Å². The summed E-state index contributed by atoms with van der Waals surface area (Å²) in [5, 5.41) is 8.72. The molecule has 2 rings (SSSR count). The second-order valence-electron chi connectivity index (χ2n) is 3.64. The van der Waals surface area contributed by atoms with E-state index in [4.69, 9.17) is 16.9 Å². The van der Waals surface area contributed by atoms with Crippen LogP contribution >= 0.6 is 23.4 Å². The number of carbonyl (C=O) groups is 1. The average molecular weight is 267 g/mol. The highest BCUT2D eigenvalue weighted by atomic mass is 35.5. The quantitative estimate of drug-likeness (QED) is 0.624. The molecule has 1 amide bonds. The first-order chi connectivity index (χ1) is 8.15. The van der Waals surface area contributed by atoms with Gasteiger partial charge in [0.15, 0.2) is 0 Å². The van der Waals surface area contributed by atoms with Gasteiger partial charge < -0.3 is 0 Å². The maximum absolute atomic E-state index is 12.0. The second-order valence-corrected chi connectivity index (χ2v) is 5.60. The first-order valence-corrected chi connectivity index (χ1v) is 6.68. The predicted molar refractivity (Wildman–Crippen MR) is 70.0 cm³/mol. The number of hydrogen-bond acceptors (Lipinski definition) is 3. The molecule has 1 aromatic rings. The van der Waals surface area contributed by atoms with Gasteiger partial charge in [-0.2, -0.15) is 5.26 Å². The number of carbonyl (C=O) groups excluding carboxylic acids is 1. The van der Waals surface area contributed by atoms with E-state index in [-0.39, 0.29) is 11.3 Å². The number of alkyl halides is 1. The molecular weight excluding hydrogens is 256 g/mol. The number of nitriles is 1. The van der Waals surface area contributed by atoms with Gasteiger partial charge in [-0.25, -0.2) is 0 Å². The largest absolute Gasteiger partial charge is 0.294 e. The summed E-state index contributed by atoms with van der Waals surface area (Å²) in [7, 11) is 0. The van der Waals surface area contributed by atoms with Crippen LogP contribution in [0.4, 0.5) is 5.69 Å². The van der Waals surface area contributed by atoms with E-state index in [1.807, 2.05) is 43.3 Å². The molecule has 0 bridgehead atoms. The third-order valence-electron chi connectivity index (χ3n) is 2.63. The van der Waals surface area contributed by atoms with Crippen molar-refractivity contribution in [3.05, 3.63) is 30.3 Å². The molecule has 3 nitrogen and oxygen atoms in total. The standard InChI is InChI=1S/C12H11ClN2OS/c1-2-17-11-12(13,8-14)10(16)15(11)9-6-4-3-5-7-9/h3-7,11H,2H2,1H3/t11-,12-/m0/s1. The molecule has 1 fully saturated rings. The van der Waals surface area contributed by atoms with Crippen molar-refractivity contribution in [2.45, 2.75) is 17.2 Å². The fraction of sp³-hybridized carbons (Fsp3) is 0.333. The lowest BCUT2D eigenvalue weighted by Crippen LogP contribution is -2.69. The van der Waals surface area contributed by atoms with Crippen LogP contribution in [0.15, 0.2) is 30.3 Å². The highest BCUT2D eigenvalue weighted by molar-refractivity contribution is 8.00. The fourth-order valence-corrected chi connectivity index (χ4v) is 3.23. The van der Waals surface area contributed by atoms with Gasteiger partial charge in [0.25, 0.3) is 5.91 Å². The van der Waals surface area contributed by atoms with E-state index in [0.29, 0.717) is 0 Å². The molecule has 17 heavy (non-hydrogen) atoms. The normalized spacial score (nSPS) is 27.5. The molecule has 1 heterocycles. The molecule has 0 N–H and O–H groups in total. The zero-order valence-electron chi connectivity index (χ0n) is 9.26. The first kappa shape index (κ1) is 12.3. The Morgan fingerprint density at radius 3 is 2.71 bits per heavy atom. The summed E-state index contributed by atoms with van der Waals surface area (Å²) >= 11 is 7.57. The van der Waals surface area contributed by atoms with Crippen LogP contribution in [-0.4, -0.2) is 21.9 Å². The molecule has 88 valence electrons. The molecule has 1 saturated heterocycles. The maximum Gasteiger partial charge on any atom is 0.266 e. The molecule has 0 aliphatic carbocycles. The molecule has 2 atom stereocenters. The van der Waals surface area contributed by atoms with Gasteiger partial charge in [0.05, 0.1) is 6.07 Å². The van der Waals surface area contributed by atoms with Gasteiger partial charge in [0.1, 0.15) is 5.37 Å². The Bertz CT molecular complexity index is 473. The molecule has 0 unspecified atom stereocenters. The minimum atomic E-state index is -1.41. The summed E-state index contributed by atoms with van der Waals surface area (Å²) in [4.78, 5) is 12.1. The average Bonchev–Trinajstić information content (AvgIpc) is 2.38. The van der Waals surface area contributed by atoms with E-state index in [0.717, 1.165) is 11.4 Å². The van der Waals surface area contributed by atoms with E-state index in [1.165, 1.54) is 11.8 Å². The summed E-state index contributed by atoms with van der Waals surface area (Å²) in [6.45, 7) is 1.98. The van der Waals surface area contributed by atoms with Crippen LogP contribution in [0.1, 0.15) is 6.92 Å². The lowest BCUT2D eigenvalue weighted by molar-refractivity contribution is -0.124. The van der Waals surface area contributed by atoms with E-state index < -0.39 is 4.87 Å². The molecule has 5 heteroatoms. The summed E-state index contributed by atoms with van der Waals surface area (Å²) < 4.78 is 0. The number of thioether (sulfide) groups is 1. The molecule has 1 aromatic carbocycles. The van der Waals surface area contributed by atoms with Gasteiger partial charge in [0, 0.05) is 5.69 Å². The molecule has 1 aliphatic rings. The van der Waals surface area contributed by atoms with E-state index in [1.54, 1.807) is 4.90 Å². The number of amides is 1. The van der Waals surface area contributed by atoms with Gasteiger partial charge >= 0.3 is 0 Å². The summed E-state index contributed by atoms with van der Waals surface area (Å²) in [6.07, 6.45) is 0. The zero-order chi connectivity index (χ0) is 12.5. The van der Waals surface area contributed by atoms with Gasteiger partial charge in [-0.3, -0.25) is 9.69 Å². The van der Waals surface area contributed by atoms with Crippen LogP contribution in [-0.2, 0) is 4.79 Å². The van der Waals surface area contributed by atoms with Crippen molar-refractivity contribution >= 4 is 35.0 Å². The van der Waals surface area contributed by atoms with Gasteiger partial charge in [-0.1, -0.05) is 36.7 Å². The Kier molecular flexibility index (Phi) is 3.32. The Labute approximate surface area is 109 Å². The topological polar surface area (TPSA) is 44.1 Å². The number of para-hydroxylation sites is 1. The highest BCUT2D eigenvalue weighted by Gasteiger charge is 2.61. The minimum absolute atomic E-state index is 0.311. The molecular formula is C12H11ClN2OS. The van der Waals surface area contributed by atoms with E-state index in [2.05, 4.69) is 0 Å². The van der Waals surface area contributed by atoms with Crippen molar-refractivity contribution < 1.29 is 4.79 Å². The summed E-state index contributed by atoms with van der Waals surface area (Å²) in [6, 6.07) is 11.2. The Morgan fingerprint density at radius 2 is 2.18 bits per heavy atom. The lowest BCUT2D eigenvalue weighted by atomic mass is 9.97. The maximum atomic E-state index is 12.0. The highest BCUT2D eigenvalue weighted by Crippen LogP contribution is 2.45. The second kappa shape index (κ2) is 4.59. The number of benzene rings is 1. The third kappa shape index (κ3) is 1.80. The van der Waals surface area contributed by atoms with Crippen molar-refractivity contribution in [1.29, 1.82) is 5.26 Å². The third-order valence-corrected chi connectivity index (χ3v) is 4.42. The Hall–Kier alpha value is -1.18. The first-order valence-electron chi connectivity index (χ1n) is 5.25. The monoisotopic (exact) mass is 266 g/mol. The number of β-lactam (4-membered cyclic amide) rings is 1. The molecule has 0 radical (unpaired) electrons. The Morgan fingerprint density at radius 1 is 1.53 bits per heavy atom. The van der Waals surface area contributed by atoms with Crippen LogP contribution in [0.25, 0.3) is 0 Å². The van der Waals surface area contributed by atoms with Crippen molar-refractivity contribution in [3.8, 4) is 6.07 Å². The lowest BCUT2D eigenvalue weighted by Gasteiger charge is -2.48.